The normalized spacial score (nSPS) is 32.2. The predicted octanol–water partition coefficient (Wildman–Crippen LogP) is 2.68. The number of aliphatic imine (C=N–C) groups is 1. The summed E-state index contributed by atoms with van der Waals surface area (Å²) in [5.74, 6) is 0. The highest BCUT2D eigenvalue weighted by Gasteiger charge is 2.46. The Morgan fingerprint density at radius 2 is 2.24 bits per heavy atom. The van der Waals surface area contributed by atoms with E-state index in [1.807, 2.05) is 17.1 Å². The first-order valence-corrected chi connectivity index (χ1v) is 6.44. The molecule has 17 heavy (non-hydrogen) atoms. The van der Waals surface area contributed by atoms with Crippen LogP contribution in [0.25, 0.3) is 0 Å². The minimum Gasteiger partial charge on any atom is -0.295 e. The molecule has 2 aliphatic rings. The Balaban J connectivity index is 1.94. The zero-order valence-electron chi connectivity index (χ0n) is 9.40. The molecule has 1 N–H and O–H groups in total. The standard InChI is InChI=1S/C12H13BrFN3/c1-7-4-2-3-5-8(7)10-6-9(14)11-15-12(13)16-17(10)11/h2-5,9-11H,6H2,1H3,(H,15,16)/t9-,10-,11?/m0/s1. The number of fused-ring (bicyclic) bond motifs is 1. The van der Waals surface area contributed by atoms with Crippen molar-refractivity contribution in [3.8, 4) is 0 Å². The van der Waals surface area contributed by atoms with Gasteiger partial charge in [0.15, 0.2) is 10.9 Å². The fourth-order valence-corrected chi connectivity index (χ4v) is 3.00. The van der Waals surface area contributed by atoms with E-state index in [1.54, 1.807) is 0 Å². The number of benzene rings is 1. The van der Waals surface area contributed by atoms with Gasteiger partial charge in [-0.1, -0.05) is 24.3 Å². The molecular formula is C12H13BrFN3. The molecule has 5 heteroatoms. The number of alkyl halides is 1. The Hall–Kier alpha value is -0.940. The molecule has 0 aromatic heterocycles. The molecule has 1 aromatic carbocycles. The van der Waals surface area contributed by atoms with Crippen molar-refractivity contribution in [2.45, 2.75) is 31.7 Å². The van der Waals surface area contributed by atoms with Crippen molar-refractivity contribution >= 4 is 20.7 Å². The van der Waals surface area contributed by atoms with Crippen LogP contribution < -0.4 is 5.43 Å². The van der Waals surface area contributed by atoms with Gasteiger partial charge in [-0.3, -0.25) is 5.43 Å². The first-order chi connectivity index (χ1) is 8.16. The van der Waals surface area contributed by atoms with Crippen LogP contribution in [-0.4, -0.2) is 22.1 Å². The monoisotopic (exact) mass is 297 g/mol. The van der Waals surface area contributed by atoms with Crippen molar-refractivity contribution in [3.05, 3.63) is 35.4 Å². The quantitative estimate of drug-likeness (QED) is 0.807. The Kier molecular flexibility index (Phi) is 2.67. The molecular weight excluding hydrogens is 285 g/mol. The van der Waals surface area contributed by atoms with Crippen molar-refractivity contribution in [3.63, 3.8) is 0 Å². The van der Waals surface area contributed by atoms with Crippen molar-refractivity contribution in [1.29, 1.82) is 0 Å². The van der Waals surface area contributed by atoms with Crippen LogP contribution in [0.1, 0.15) is 23.6 Å². The number of hydrazine groups is 1. The second-order valence-corrected chi connectivity index (χ2v) is 5.23. The maximum atomic E-state index is 13.9. The van der Waals surface area contributed by atoms with Crippen molar-refractivity contribution in [2.24, 2.45) is 4.99 Å². The molecule has 0 radical (unpaired) electrons. The van der Waals surface area contributed by atoms with Gasteiger partial charge < -0.3 is 0 Å². The summed E-state index contributed by atoms with van der Waals surface area (Å²) in [5, 5.41) is 1.90. The molecule has 3 rings (SSSR count). The van der Waals surface area contributed by atoms with E-state index in [-0.39, 0.29) is 6.04 Å². The van der Waals surface area contributed by atoms with E-state index in [1.165, 1.54) is 11.1 Å². The zero-order valence-corrected chi connectivity index (χ0v) is 11.0. The van der Waals surface area contributed by atoms with Crippen LogP contribution in [0.2, 0.25) is 0 Å². The van der Waals surface area contributed by atoms with E-state index in [2.05, 4.69) is 45.4 Å². The number of hydrogen-bond donors (Lipinski definition) is 1. The van der Waals surface area contributed by atoms with Gasteiger partial charge in [0.2, 0.25) is 0 Å². The van der Waals surface area contributed by atoms with Crippen molar-refractivity contribution in [2.75, 3.05) is 0 Å². The third kappa shape index (κ3) is 1.77. The van der Waals surface area contributed by atoms with E-state index >= 15 is 0 Å². The fraction of sp³-hybridized carbons (Fsp3) is 0.417. The Morgan fingerprint density at radius 3 is 3.00 bits per heavy atom. The van der Waals surface area contributed by atoms with Gasteiger partial charge in [0.1, 0.15) is 6.17 Å². The minimum atomic E-state index is -0.915. The van der Waals surface area contributed by atoms with Crippen LogP contribution in [-0.2, 0) is 0 Å². The second kappa shape index (κ2) is 4.07. The lowest BCUT2D eigenvalue weighted by molar-refractivity contribution is 0.160. The van der Waals surface area contributed by atoms with Gasteiger partial charge in [-0.2, -0.15) is 5.01 Å². The Labute approximate surface area is 108 Å². The van der Waals surface area contributed by atoms with Gasteiger partial charge in [-0.25, -0.2) is 9.38 Å². The lowest BCUT2D eigenvalue weighted by Crippen LogP contribution is -2.39. The molecule has 0 saturated carbocycles. The van der Waals surface area contributed by atoms with Gasteiger partial charge in [0, 0.05) is 6.42 Å². The summed E-state index contributed by atoms with van der Waals surface area (Å²) < 4.78 is 14.5. The first kappa shape index (κ1) is 11.2. The van der Waals surface area contributed by atoms with Crippen molar-refractivity contribution in [1.82, 2.24) is 10.4 Å². The Morgan fingerprint density at radius 1 is 1.47 bits per heavy atom. The highest BCUT2D eigenvalue weighted by atomic mass is 79.9. The van der Waals surface area contributed by atoms with Gasteiger partial charge in [0.05, 0.1) is 6.04 Å². The van der Waals surface area contributed by atoms with E-state index < -0.39 is 12.3 Å². The van der Waals surface area contributed by atoms with Crippen molar-refractivity contribution < 1.29 is 4.39 Å². The van der Waals surface area contributed by atoms with Crippen LogP contribution in [0.5, 0.6) is 0 Å². The topological polar surface area (TPSA) is 27.6 Å². The molecule has 0 bridgehead atoms. The van der Waals surface area contributed by atoms with E-state index in [0.717, 1.165) is 0 Å². The van der Waals surface area contributed by atoms with Crippen LogP contribution in [0.15, 0.2) is 29.3 Å². The first-order valence-electron chi connectivity index (χ1n) is 5.64. The largest absolute Gasteiger partial charge is 0.295 e. The van der Waals surface area contributed by atoms with Crippen LogP contribution in [0.4, 0.5) is 4.39 Å². The molecule has 0 spiro atoms. The number of nitrogens with one attached hydrogen (secondary N) is 1. The highest BCUT2D eigenvalue weighted by molar-refractivity contribution is 9.18. The summed E-state index contributed by atoms with van der Waals surface area (Å²) in [6, 6.07) is 8.16. The van der Waals surface area contributed by atoms with Crippen LogP contribution >= 0.6 is 15.9 Å². The average Bonchev–Trinajstić information content (AvgIpc) is 2.80. The maximum absolute atomic E-state index is 13.9. The molecule has 0 aliphatic carbocycles. The Bertz CT molecular complexity index is 477. The maximum Gasteiger partial charge on any atom is 0.182 e. The molecule has 3 nitrogen and oxygen atoms in total. The summed E-state index contributed by atoms with van der Waals surface area (Å²) >= 11 is 3.27. The van der Waals surface area contributed by atoms with Crippen LogP contribution in [0.3, 0.4) is 0 Å². The molecule has 0 amide bonds. The lowest BCUT2D eigenvalue weighted by atomic mass is 10.00. The number of nitrogens with zero attached hydrogens (tertiary/aromatic N) is 2. The van der Waals surface area contributed by atoms with Gasteiger partial charge in [-0.15, -0.1) is 0 Å². The molecule has 1 aromatic rings. The third-order valence-electron chi connectivity index (χ3n) is 3.41. The summed E-state index contributed by atoms with van der Waals surface area (Å²) in [7, 11) is 0. The average molecular weight is 298 g/mol. The molecule has 2 aliphatic heterocycles. The molecule has 2 heterocycles. The number of amidine groups is 1. The minimum absolute atomic E-state index is 0.0509. The SMILES string of the molecule is Cc1ccccc1[C@@H]1C[C@H](F)C2N=C(Br)NN21. The molecule has 90 valence electrons. The van der Waals surface area contributed by atoms with Gasteiger partial charge in [-0.05, 0) is 34.0 Å². The number of halogens is 2. The zero-order chi connectivity index (χ0) is 12.0. The molecule has 3 atom stereocenters. The lowest BCUT2D eigenvalue weighted by Gasteiger charge is -2.24. The number of aryl methyl sites for hydroxylation is 1. The summed E-state index contributed by atoms with van der Waals surface area (Å²) in [5.41, 5.74) is 5.44. The summed E-state index contributed by atoms with van der Waals surface area (Å²) in [6.07, 6.45) is -0.817. The summed E-state index contributed by atoms with van der Waals surface area (Å²) in [4.78, 5) is 4.21. The molecule has 1 unspecified atom stereocenters. The second-order valence-electron chi connectivity index (χ2n) is 4.48. The fourth-order valence-electron chi connectivity index (χ4n) is 2.58. The third-order valence-corrected chi connectivity index (χ3v) is 3.79. The number of rotatable bonds is 1. The predicted molar refractivity (Wildman–Crippen MR) is 68.6 cm³/mol. The van der Waals surface area contributed by atoms with Crippen LogP contribution in [0, 0.1) is 6.92 Å². The summed E-state index contributed by atoms with van der Waals surface area (Å²) in [6.45, 7) is 2.06. The number of hydrogen-bond acceptors (Lipinski definition) is 3. The van der Waals surface area contributed by atoms with E-state index in [0.29, 0.717) is 11.2 Å². The van der Waals surface area contributed by atoms with Gasteiger partial charge in [0.25, 0.3) is 0 Å². The highest BCUT2D eigenvalue weighted by Crippen LogP contribution is 2.40. The van der Waals surface area contributed by atoms with E-state index in [9.17, 15) is 4.39 Å². The van der Waals surface area contributed by atoms with Gasteiger partial charge >= 0.3 is 0 Å². The van der Waals surface area contributed by atoms with E-state index in [4.69, 9.17) is 0 Å². The smallest absolute Gasteiger partial charge is 0.182 e. The molecule has 1 saturated heterocycles. The molecule has 1 fully saturated rings.